The Balaban J connectivity index is 1.03. The lowest BCUT2D eigenvalue weighted by Crippen LogP contribution is -2.50. The highest BCUT2D eigenvalue weighted by Crippen LogP contribution is 2.27. The zero-order valence-electron chi connectivity index (χ0n) is 49.8. The second-order valence-corrected chi connectivity index (χ2v) is 21.7. The predicted octanol–water partition coefficient (Wildman–Crippen LogP) is 5.70. The molecule has 0 aliphatic rings. The SMILES string of the molecule is O=C(O)CC(NC(=O)C(COCCOCCOCCNC(=O)CCC(=O)NCCOCCOCCOCC(NC(=O)CCCCNc1ccccn1)C(=O)NC(CC(=O)O)c1cc(Cl)cc(Cl)c1)NC(=O)CCCCNc1ccccn1)c1cc(Cl)cc(Cl)c1. The third kappa shape index (κ3) is 34.8. The number of carboxylic acid groups (broad SMARTS) is 2. The minimum Gasteiger partial charge on any atom is -0.481 e. The number of rotatable bonds is 49. The van der Waals surface area contributed by atoms with Crippen molar-refractivity contribution in [1.82, 2.24) is 41.9 Å². The minimum absolute atomic E-state index is 0.0459. The first kappa shape index (κ1) is 75.5. The van der Waals surface area contributed by atoms with Crippen molar-refractivity contribution in [3.63, 3.8) is 0 Å². The maximum Gasteiger partial charge on any atom is 0.305 e. The average molecular weight is 1340 g/mol. The molecule has 2 heterocycles. The number of anilines is 2. The molecule has 4 aromatic rings. The lowest BCUT2D eigenvalue weighted by molar-refractivity contribution is -0.139. The molecule has 0 bridgehead atoms. The van der Waals surface area contributed by atoms with Crippen molar-refractivity contribution in [3.8, 4) is 0 Å². The summed E-state index contributed by atoms with van der Waals surface area (Å²) in [5.74, 6) is -3.79. The highest BCUT2D eigenvalue weighted by atomic mass is 35.5. The van der Waals surface area contributed by atoms with E-state index in [0.29, 0.717) is 61.5 Å². The number of hydrogen-bond donors (Lipinski definition) is 10. The molecule has 2 aromatic carbocycles. The summed E-state index contributed by atoms with van der Waals surface area (Å²) in [5.41, 5.74) is 0.730. The van der Waals surface area contributed by atoms with Crippen LogP contribution < -0.4 is 42.5 Å². The molecule has 4 atom stereocenters. The minimum atomic E-state index is -1.19. The van der Waals surface area contributed by atoms with Gasteiger partial charge in [0.15, 0.2) is 0 Å². The molecule has 0 radical (unpaired) electrons. The van der Waals surface area contributed by atoms with Gasteiger partial charge in [-0.3, -0.25) is 38.4 Å². The van der Waals surface area contributed by atoms with E-state index in [1.165, 1.54) is 36.4 Å². The maximum absolute atomic E-state index is 13.6. The standard InChI is InChI=1S/C60H80Cl4N10O16/c61-43-31-41(32-44(62)35-43)47(37-57(79)80)73-59(83)49(71-55(77)11-3-7-17-67-51-9-1-5-15-65-51)39-89-29-27-87-25-23-85-21-19-69-53(75)13-14-54(76)70-20-22-86-24-26-88-28-30-90-40-50(72-56(78)12-4-8-18-68-52-10-2-6-16-66-52)60(84)74-48(38-58(81)82)42-33-45(63)36-46(64)34-42/h1-2,5-6,9-10,15-16,31-36,47-50H,3-4,7-8,11-14,17-30,37-40H2,(H,65,67)(H,66,68)(H,69,75)(H,70,76)(H,71,77)(H,72,78)(H,73,83)(H,74,84)(H,79,80)(H,81,82). The Hall–Kier alpha value is -6.98. The number of halogens is 4. The van der Waals surface area contributed by atoms with Gasteiger partial charge in [-0.2, -0.15) is 0 Å². The molecule has 0 aliphatic carbocycles. The molecule has 30 heteroatoms. The molecule has 4 unspecified atom stereocenters. The number of nitrogens with zero attached hydrogens (tertiary/aromatic N) is 2. The van der Waals surface area contributed by atoms with Crippen LogP contribution in [-0.4, -0.2) is 185 Å². The van der Waals surface area contributed by atoms with E-state index in [-0.39, 0.29) is 150 Å². The van der Waals surface area contributed by atoms with Gasteiger partial charge in [0, 0.05) is 84.3 Å². The molecule has 2 aromatic heterocycles. The number of nitrogens with one attached hydrogen (secondary N) is 8. The van der Waals surface area contributed by atoms with Gasteiger partial charge in [-0.15, -0.1) is 0 Å². The number of hydrogen-bond acceptors (Lipinski definition) is 18. The first-order valence-electron chi connectivity index (χ1n) is 29.3. The molecule has 4 rings (SSSR count). The molecule has 90 heavy (non-hydrogen) atoms. The van der Waals surface area contributed by atoms with E-state index in [9.17, 15) is 48.6 Å². The van der Waals surface area contributed by atoms with Gasteiger partial charge in [-0.05, 0) is 97.5 Å². The van der Waals surface area contributed by atoms with Crippen molar-refractivity contribution in [2.75, 3.05) is 116 Å². The van der Waals surface area contributed by atoms with Crippen LogP contribution in [-0.2, 0) is 66.8 Å². The van der Waals surface area contributed by atoms with Gasteiger partial charge in [-0.1, -0.05) is 58.5 Å². The molecule has 0 saturated heterocycles. The Labute approximate surface area is 542 Å². The van der Waals surface area contributed by atoms with Gasteiger partial charge in [0.1, 0.15) is 23.7 Å². The Morgan fingerprint density at radius 2 is 0.767 bits per heavy atom. The molecular formula is C60H80Cl4N10O16. The van der Waals surface area contributed by atoms with Crippen LogP contribution >= 0.6 is 46.4 Å². The second-order valence-electron chi connectivity index (χ2n) is 20.0. The summed E-state index contributed by atoms with van der Waals surface area (Å²) >= 11 is 24.7. The fourth-order valence-corrected chi connectivity index (χ4v) is 9.34. The number of unbranched alkanes of at least 4 members (excludes halogenated alkanes) is 2. The summed E-state index contributed by atoms with van der Waals surface area (Å²) in [4.78, 5) is 110. The van der Waals surface area contributed by atoms with Crippen molar-refractivity contribution >= 4 is 105 Å². The van der Waals surface area contributed by atoms with Gasteiger partial charge in [-0.25, -0.2) is 9.97 Å². The number of ether oxygens (including phenoxy) is 6. The van der Waals surface area contributed by atoms with Gasteiger partial charge in [0.05, 0.1) is 104 Å². The van der Waals surface area contributed by atoms with Crippen LogP contribution in [0.3, 0.4) is 0 Å². The topological polar surface area (TPSA) is 354 Å². The lowest BCUT2D eigenvalue weighted by atomic mass is 10.0. The van der Waals surface area contributed by atoms with Crippen LogP contribution in [0.5, 0.6) is 0 Å². The van der Waals surface area contributed by atoms with Gasteiger partial charge < -0.3 is 81.2 Å². The predicted molar refractivity (Wildman–Crippen MR) is 336 cm³/mol. The molecule has 0 aliphatic heterocycles. The zero-order valence-corrected chi connectivity index (χ0v) is 52.8. The molecule has 0 saturated carbocycles. The molecule has 494 valence electrons. The summed E-state index contributed by atoms with van der Waals surface area (Å²) in [5, 5.41) is 42.7. The second kappa shape index (κ2) is 45.3. The summed E-state index contributed by atoms with van der Waals surface area (Å²) < 4.78 is 33.6. The van der Waals surface area contributed by atoms with E-state index >= 15 is 0 Å². The van der Waals surface area contributed by atoms with Crippen LogP contribution in [0.25, 0.3) is 0 Å². The van der Waals surface area contributed by atoms with Crippen molar-refractivity contribution in [2.45, 2.75) is 88.4 Å². The summed E-state index contributed by atoms with van der Waals surface area (Å²) in [7, 11) is 0. The Morgan fingerprint density at radius 3 is 1.11 bits per heavy atom. The third-order valence-corrected chi connectivity index (χ3v) is 13.5. The number of benzene rings is 2. The van der Waals surface area contributed by atoms with Crippen LogP contribution in [0.4, 0.5) is 11.6 Å². The number of carbonyl (C=O) groups excluding carboxylic acids is 6. The first-order chi connectivity index (χ1) is 43.4. The monoisotopic (exact) mass is 1340 g/mol. The summed E-state index contributed by atoms with van der Waals surface area (Å²) in [6, 6.07) is 15.5. The van der Waals surface area contributed by atoms with Crippen LogP contribution in [0.15, 0.2) is 85.2 Å². The number of amides is 6. The fourth-order valence-electron chi connectivity index (χ4n) is 8.25. The van der Waals surface area contributed by atoms with E-state index in [0.717, 1.165) is 0 Å². The highest BCUT2D eigenvalue weighted by molar-refractivity contribution is 6.35. The number of carbonyl (C=O) groups is 8. The van der Waals surface area contributed by atoms with Crippen molar-refractivity contribution < 1.29 is 77.0 Å². The Morgan fingerprint density at radius 1 is 0.411 bits per heavy atom. The Bertz CT molecular complexity index is 2590. The van der Waals surface area contributed by atoms with E-state index in [2.05, 4.69) is 52.5 Å². The van der Waals surface area contributed by atoms with Crippen LogP contribution in [0.1, 0.15) is 87.4 Å². The normalized spacial score (nSPS) is 12.4. The number of carboxylic acids is 2. The van der Waals surface area contributed by atoms with E-state index < -0.39 is 72.6 Å². The zero-order chi connectivity index (χ0) is 65.1. The Kier molecular flexibility index (Phi) is 38.0. The quantitative estimate of drug-likeness (QED) is 0.0237. The van der Waals surface area contributed by atoms with Crippen molar-refractivity contribution in [1.29, 1.82) is 0 Å². The van der Waals surface area contributed by atoms with Crippen LogP contribution in [0.2, 0.25) is 20.1 Å². The van der Waals surface area contributed by atoms with Crippen molar-refractivity contribution in [3.05, 3.63) is 116 Å². The largest absolute Gasteiger partial charge is 0.481 e. The highest BCUT2D eigenvalue weighted by Gasteiger charge is 2.28. The smallest absolute Gasteiger partial charge is 0.305 e. The third-order valence-electron chi connectivity index (χ3n) is 12.6. The number of pyridine rings is 2. The molecule has 0 fully saturated rings. The van der Waals surface area contributed by atoms with Gasteiger partial charge in [0.2, 0.25) is 35.4 Å². The molecule has 6 amide bonds. The lowest BCUT2D eigenvalue weighted by Gasteiger charge is -2.23. The summed E-state index contributed by atoms with van der Waals surface area (Å²) in [6.45, 7) is 2.52. The maximum atomic E-state index is 13.6. The number of aromatic nitrogens is 2. The van der Waals surface area contributed by atoms with Gasteiger partial charge in [0.25, 0.3) is 0 Å². The fraction of sp³-hybridized carbons (Fsp3) is 0.500. The molecule has 10 N–H and O–H groups in total. The summed E-state index contributed by atoms with van der Waals surface area (Å²) in [6.07, 6.45) is 4.84. The average Bonchev–Trinajstić information content (AvgIpc) is 2.93. The number of aliphatic carboxylic acids is 2. The van der Waals surface area contributed by atoms with Crippen molar-refractivity contribution in [2.24, 2.45) is 0 Å². The van der Waals surface area contributed by atoms with Crippen LogP contribution in [0, 0.1) is 0 Å². The van der Waals surface area contributed by atoms with E-state index in [1.54, 1.807) is 24.5 Å². The molecular weight excluding hydrogens is 1260 g/mol. The van der Waals surface area contributed by atoms with E-state index in [1.807, 2.05) is 24.3 Å². The molecule has 26 nitrogen and oxygen atoms in total. The molecule has 0 spiro atoms. The van der Waals surface area contributed by atoms with E-state index in [4.69, 9.17) is 74.8 Å². The first-order valence-corrected chi connectivity index (χ1v) is 30.8. The van der Waals surface area contributed by atoms with Gasteiger partial charge >= 0.3 is 11.9 Å².